The topological polar surface area (TPSA) is 66.8 Å². The summed E-state index contributed by atoms with van der Waals surface area (Å²) >= 11 is 0. The fourth-order valence-corrected chi connectivity index (χ4v) is 3.06. The van der Waals surface area contributed by atoms with Crippen LogP contribution in [-0.2, 0) is 16.1 Å². The molecule has 2 atom stereocenters. The molecular formula is C19H18FNO4. The van der Waals surface area contributed by atoms with Gasteiger partial charge in [0, 0.05) is 19.0 Å². The van der Waals surface area contributed by atoms with Gasteiger partial charge >= 0.3 is 12.1 Å². The van der Waals surface area contributed by atoms with Crippen LogP contribution in [0.1, 0.15) is 17.0 Å². The lowest BCUT2D eigenvalue weighted by atomic mass is 9.89. The summed E-state index contributed by atoms with van der Waals surface area (Å²) in [6.45, 7) is 0.441. The average Bonchev–Trinajstić information content (AvgIpc) is 3.07. The molecule has 0 unspecified atom stereocenters. The van der Waals surface area contributed by atoms with Crippen LogP contribution in [0.25, 0.3) is 0 Å². The third kappa shape index (κ3) is 3.96. The molecule has 1 saturated heterocycles. The Kier molecular flexibility index (Phi) is 4.97. The minimum atomic E-state index is -0.979. The number of rotatable bonds is 4. The minimum Gasteiger partial charge on any atom is -0.481 e. The summed E-state index contributed by atoms with van der Waals surface area (Å²) in [5.41, 5.74) is 1.56. The molecule has 1 aliphatic rings. The number of hydrogen-bond donors (Lipinski definition) is 1. The highest BCUT2D eigenvalue weighted by molar-refractivity contribution is 5.75. The molecule has 6 heteroatoms. The molecular weight excluding hydrogens is 325 g/mol. The Morgan fingerprint density at radius 2 is 1.76 bits per heavy atom. The maximum absolute atomic E-state index is 13.1. The number of carboxylic acids is 1. The second-order valence-electron chi connectivity index (χ2n) is 6.05. The highest BCUT2D eigenvalue weighted by Crippen LogP contribution is 2.33. The molecule has 0 aromatic heterocycles. The predicted octanol–water partition coefficient (Wildman–Crippen LogP) is 3.26. The largest absolute Gasteiger partial charge is 0.481 e. The molecule has 2 aromatic rings. The van der Waals surface area contributed by atoms with E-state index in [-0.39, 0.29) is 31.4 Å². The number of halogens is 1. The standard InChI is InChI=1S/C19H18FNO4/c20-15-8-6-14(7-9-15)16-10-21(11-17(16)18(22)23)19(24)25-12-13-4-2-1-3-5-13/h1-9,16-17H,10-12H2,(H,22,23)/t16-,17+/m1/s1. The molecule has 1 fully saturated rings. The molecule has 25 heavy (non-hydrogen) atoms. The van der Waals surface area contributed by atoms with E-state index in [2.05, 4.69) is 0 Å². The van der Waals surface area contributed by atoms with Crippen molar-refractivity contribution in [1.82, 2.24) is 4.90 Å². The maximum atomic E-state index is 13.1. The number of carbonyl (C=O) groups is 2. The second-order valence-corrected chi connectivity index (χ2v) is 6.05. The van der Waals surface area contributed by atoms with Gasteiger partial charge in [0.05, 0.1) is 5.92 Å². The van der Waals surface area contributed by atoms with Crippen LogP contribution in [0.2, 0.25) is 0 Å². The van der Waals surface area contributed by atoms with Crippen LogP contribution in [0, 0.1) is 11.7 Å². The smallest absolute Gasteiger partial charge is 0.410 e. The lowest BCUT2D eigenvalue weighted by Crippen LogP contribution is -2.30. The van der Waals surface area contributed by atoms with Gasteiger partial charge in [0.25, 0.3) is 0 Å². The number of nitrogens with zero attached hydrogens (tertiary/aromatic N) is 1. The van der Waals surface area contributed by atoms with Gasteiger partial charge in [-0.3, -0.25) is 4.79 Å². The Bertz CT molecular complexity index is 748. The van der Waals surface area contributed by atoms with Crippen molar-refractivity contribution >= 4 is 12.1 Å². The van der Waals surface area contributed by atoms with Crippen molar-refractivity contribution in [2.75, 3.05) is 13.1 Å². The Labute approximate surface area is 144 Å². The van der Waals surface area contributed by atoms with E-state index in [1.807, 2.05) is 30.3 Å². The third-order valence-corrected chi connectivity index (χ3v) is 4.40. The molecule has 3 rings (SSSR count). The van der Waals surface area contributed by atoms with Crippen LogP contribution in [0.15, 0.2) is 54.6 Å². The number of benzene rings is 2. The van der Waals surface area contributed by atoms with Crippen molar-refractivity contribution < 1.29 is 23.8 Å². The van der Waals surface area contributed by atoms with Crippen molar-refractivity contribution in [3.63, 3.8) is 0 Å². The first-order valence-corrected chi connectivity index (χ1v) is 7.98. The van der Waals surface area contributed by atoms with Crippen LogP contribution in [0.4, 0.5) is 9.18 Å². The quantitative estimate of drug-likeness (QED) is 0.925. The van der Waals surface area contributed by atoms with Crippen LogP contribution in [0.3, 0.4) is 0 Å². The number of likely N-dealkylation sites (tertiary alicyclic amines) is 1. The van der Waals surface area contributed by atoms with Gasteiger partial charge in [-0.15, -0.1) is 0 Å². The fraction of sp³-hybridized carbons (Fsp3) is 0.263. The zero-order valence-electron chi connectivity index (χ0n) is 13.5. The van der Waals surface area contributed by atoms with E-state index < -0.39 is 18.0 Å². The molecule has 0 bridgehead atoms. The van der Waals surface area contributed by atoms with Crippen molar-refractivity contribution in [3.05, 3.63) is 71.5 Å². The van der Waals surface area contributed by atoms with Gasteiger partial charge < -0.3 is 14.7 Å². The lowest BCUT2D eigenvalue weighted by Gasteiger charge is -2.16. The highest BCUT2D eigenvalue weighted by Gasteiger charge is 2.41. The first kappa shape index (κ1) is 17.0. The first-order valence-electron chi connectivity index (χ1n) is 7.98. The van der Waals surface area contributed by atoms with Crippen molar-refractivity contribution in [2.45, 2.75) is 12.5 Å². The van der Waals surface area contributed by atoms with Gasteiger partial charge in [-0.1, -0.05) is 42.5 Å². The van der Waals surface area contributed by atoms with E-state index in [0.717, 1.165) is 5.56 Å². The number of ether oxygens (including phenoxy) is 1. The Balaban J connectivity index is 1.68. The van der Waals surface area contributed by atoms with E-state index >= 15 is 0 Å². The first-order chi connectivity index (χ1) is 12.0. The van der Waals surface area contributed by atoms with Crippen LogP contribution in [-0.4, -0.2) is 35.2 Å². The SMILES string of the molecule is O=C(O)[C@H]1CN(C(=O)OCc2ccccc2)C[C@@H]1c1ccc(F)cc1. The molecule has 0 radical (unpaired) electrons. The minimum absolute atomic E-state index is 0.0744. The predicted molar refractivity (Wildman–Crippen MR) is 88.5 cm³/mol. The van der Waals surface area contributed by atoms with E-state index in [1.54, 1.807) is 12.1 Å². The summed E-state index contributed by atoms with van der Waals surface area (Å²) in [5, 5.41) is 9.45. The van der Waals surface area contributed by atoms with E-state index in [9.17, 15) is 19.1 Å². The van der Waals surface area contributed by atoms with E-state index in [0.29, 0.717) is 5.56 Å². The number of aliphatic carboxylic acids is 1. The summed E-state index contributed by atoms with van der Waals surface area (Å²) in [5.74, 6) is -2.49. The summed E-state index contributed by atoms with van der Waals surface area (Å²) in [7, 11) is 0. The van der Waals surface area contributed by atoms with Crippen molar-refractivity contribution in [2.24, 2.45) is 5.92 Å². The van der Waals surface area contributed by atoms with Crippen molar-refractivity contribution in [1.29, 1.82) is 0 Å². The number of hydrogen-bond acceptors (Lipinski definition) is 3. The summed E-state index contributed by atoms with van der Waals surface area (Å²) in [4.78, 5) is 25.2. The molecule has 1 N–H and O–H groups in total. The molecule has 1 heterocycles. The van der Waals surface area contributed by atoms with Gasteiger partial charge in [0.15, 0.2) is 0 Å². The van der Waals surface area contributed by atoms with Crippen molar-refractivity contribution in [3.8, 4) is 0 Å². The molecule has 0 spiro atoms. The number of carbonyl (C=O) groups excluding carboxylic acids is 1. The monoisotopic (exact) mass is 343 g/mol. The molecule has 130 valence electrons. The second kappa shape index (κ2) is 7.34. The van der Waals surface area contributed by atoms with Gasteiger partial charge in [-0.2, -0.15) is 0 Å². The zero-order chi connectivity index (χ0) is 17.8. The molecule has 1 amide bonds. The molecule has 5 nitrogen and oxygen atoms in total. The van der Waals surface area contributed by atoms with Crippen LogP contribution >= 0.6 is 0 Å². The number of carboxylic acid groups (broad SMARTS) is 1. The molecule has 1 aliphatic heterocycles. The maximum Gasteiger partial charge on any atom is 0.410 e. The van der Waals surface area contributed by atoms with E-state index in [1.165, 1.54) is 17.0 Å². The van der Waals surface area contributed by atoms with Crippen LogP contribution in [0.5, 0.6) is 0 Å². The summed E-state index contributed by atoms with van der Waals surface area (Å²) < 4.78 is 18.4. The lowest BCUT2D eigenvalue weighted by molar-refractivity contribution is -0.141. The third-order valence-electron chi connectivity index (χ3n) is 4.40. The Morgan fingerprint density at radius 3 is 2.40 bits per heavy atom. The number of amides is 1. The van der Waals surface area contributed by atoms with Gasteiger partial charge in [0.1, 0.15) is 12.4 Å². The molecule has 2 aromatic carbocycles. The Morgan fingerprint density at radius 1 is 1.08 bits per heavy atom. The van der Waals surface area contributed by atoms with Gasteiger partial charge in [0.2, 0.25) is 0 Å². The van der Waals surface area contributed by atoms with Gasteiger partial charge in [-0.05, 0) is 23.3 Å². The summed E-state index contributed by atoms with van der Waals surface area (Å²) in [6.07, 6.45) is -0.542. The molecule has 0 saturated carbocycles. The molecule has 0 aliphatic carbocycles. The zero-order valence-corrected chi connectivity index (χ0v) is 13.5. The Hall–Kier alpha value is -2.89. The fourth-order valence-electron chi connectivity index (χ4n) is 3.06. The normalized spacial score (nSPS) is 19.6. The average molecular weight is 343 g/mol. The highest BCUT2D eigenvalue weighted by atomic mass is 19.1. The van der Waals surface area contributed by atoms with E-state index in [4.69, 9.17) is 4.74 Å². The summed E-state index contributed by atoms with van der Waals surface area (Å²) in [6, 6.07) is 15.0. The van der Waals surface area contributed by atoms with Crippen LogP contribution < -0.4 is 0 Å². The van der Waals surface area contributed by atoms with Gasteiger partial charge in [-0.25, -0.2) is 9.18 Å².